The van der Waals surface area contributed by atoms with Gasteiger partial charge in [0.25, 0.3) is 5.56 Å². The van der Waals surface area contributed by atoms with E-state index in [2.05, 4.69) is 4.98 Å². The zero-order valence-electron chi connectivity index (χ0n) is 12.7. The molecule has 1 atom stereocenters. The lowest BCUT2D eigenvalue weighted by Gasteiger charge is -2.13. The Labute approximate surface area is 131 Å². The first kappa shape index (κ1) is 16.0. The topological polar surface area (TPSA) is 61.2 Å². The molecule has 0 N–H and O–H groups in total. The van der Waals surface area contributed by atoms with Crippen LogP contribution in [0.5, 0.6) is 0 Å². The number of hydrogen-bond donors (Lipinski definition) is 0. The molecular formula is C14H18N2O3S2. The molecule has 2 rings (SSSR count). The van der Waals surface area contributed by atoms with Gasteiger partial charge < -0.3 is 4.74 Å². The van der Waals surface area contributed by atoms with Gasteiger partial charge in [-0.25, -0.2) is 4.98 Å². The Balaban J connectivity index is 2.59. The summed E-state index contributed by atoms with van der Waals surface area (Å²) in [7, 11) is 1.36. The van der Waals surface area contributed by atoms with Gasteiger partial charge in [0.2, 0.25) is 0 Å². The lowest BCUT2D eigenvalue weighted by Crippen LogP contribution is -2.24. The number of esters is 1. The van der Waals surface area contributed by atoms with Crippen LogP contribution in [0.4, 0.5) is 0 Å². The number of aryl methyl sites for hydroxylation is 2. The fourth-order valence-corrected chi connectivity index (χ4v) is 4.12. The van der Waals surface area contributed by atoms with E-state index in [1.54, 1.807) is 11.5 Å². The van der Waals surface area contributed by atoms with Gasteiger partial charge in [-0.2, -0.15) is 0 Å². The maximum Gasteiger partial charge on any atom is 0.318 e. The average Bonchev–Trinajstić information content (AvgIpc) is 2.73. The molecule has 0 radical (unpaired) electrons. The minimum absolute atomic E-state index is 0.0380. The van der Waals surface area contributed by atoms with Crippen molar-refractivity contribution in [2.45, 2.75) is 44.6 Å². The van der Waals surface area contributed by atoms with Crippen molar-refractivity contribution in [1.82, 2.24) is 9.55 Å². The number of thiophene rings is 1. The monoisotopic (exact) mass is 326 g/mol. The van der Waals surface area contributed by atoms with Crippen molar-refractivity contribution in [2.24, 2.45) is 0 Å². The van der Waals surface area contributed by atoms with E-state index in [1.807, 2.05) is 20.8 Å². The molecule has 0 unspecified atom stereocenters. The minimum Gasteiger partial charge on any atom is -0.468 e. The molecule has 2 aromatic heterocycles. The zero-order valence-corrected chi connectivity index (χ0v) is 14.4. The van der Waals surface area contributed by atoms with E-state index >= 15 is 0 Å². The Morgan fingerprint density at radius 3 is 2.71 bits per heavy atom. The van der Waals surface area contributed by atoms with Crippen molar-refractivity contribution >= 4 is 39.3 Å². The van der Waals surface area contributed by atoms with E-state index in [9.17, 15) is 9.59 Å². The van der Waals surface area contributed by atoms with Gasteiger partial charge >= 0.3 is 5.97 Å². The maximum atomic E-state index is 12.6. The van der Waals surface area contributed by atoms with Crippen LogP contribution >= 0.6 is 23.1 Å². The Morgan fingerprint density at radius 2 is 2.14 bits per heavy atom. The van der Waals surface area contributed by atoms with E-state index in [1.165, 1.54) is 30.2 Å². The highest BCUT2D eigenvalue weighted by atomic mass is 32.2. The number of thioether (sulfide) groups is 1. The van der Waals surface area contributed by atoms with Crippen LogP contribution in [0.3, 0.4) is 0 Å². The number of carbonyl (C=O) groups excluding carboxylic acids is 1. The van der Waals surface area contributed by atoms with Gasteiger partial charge in [-0.05, 0) is 33.3 Å². The molecule has 114 valence electrons. The van der Waals surface area contributed by atoms with Crippen LogP contribution in [0, 0.1) is 13.8 Å². The Hall–Kier alpha value is -1.34. The summed E-state index contributed by atoms with van der Waals surface area (Å²) in [6.45, 7) is 8.10. The number of hydrogen-bond acceptors (Lipinski definition) is 6. The summed E-state index contributed by atoms with van der Waals surface area (Å²) in [5.74, 6) is -0.324. The third-order valence-corrected chi connectivity index (χ3v) is 5.55. The summed E-state index contributed by atoms with van der Waals surface area (Å²) < 4.78 is 6.34. The zero-order chi connectivity index (χ0) is 15.7. The first-order valence-electron chi connectivity index (χ1n) is 6.65. The van der Waals surface area contributed by atoms with Crippen LogP contribution < -0.4 is 5.56 Å². The second-order valence-electron chi connectivity index (χ2n) is 4.69. The smallest absolute Gasteiger partial charge is 0.318 e. The molecule has 0 aromatic carbocycles. The molecule has 0 aliphatic heterocycles. The van der Waals surface area contributed by atoms with Gasteiger partial charge in [-0.1, -0.05) is 11.8 Å². The average molecular weight is 326 g/mol. The highest BCUT2D eigenvalue weighted by Gasteiger charge is 2.21. The number of carbonyl (C=O) groups is 1. The molecule has 2 heterocycles. The molecule has 0 saturated heterocycles. The van der Waals surface area contributed by atoms with Crippen LogP contribution in [-0.4, -0.2) is 27.9 Å². The quantitative estimate of drug-likeness (QED) is 0.491. The molecule has 0 spiro atoms. The first-order chi connectivity index (χ1) is 9.90. The molecule has 0 bridgehead atoms. The number of aromatic nitrogens is 2. The molecule has 5 nitrogen and oxygen atoms in total. The summed E-state index contributed by atoms with van der Waals surface area (Å²) in [5, 5.41) is 0.850. The number of fused-ring (bicyclic) bond motifs is 1. The van der Waals surface area contributed by atoms with E-state index in [4.69, 9.17) is 4.74 Å². The SMILES string of the molecule is CCn1c(S[C@H](C)C(=O)OC)nc2sc(C)c(C)c2c1=O. The van der Waals surface area contributed by atoms with E-state index in [0.29, 0.717) is 17.1 Å². The predicted molar refractivity (Wildman–Crippen MR) is 86.4 cm³/mol. The molecule has 0 saturated carbocycles. The van der Waals surface area contributed by atoms with Gasteiger partial charge in [-0.15, -0.1) is 11.3 Å². The third kappa shape index (κ3) is 2.85. The fourth-order valence-electron chi connectivity index (χ4n) is 2.05. The molecule has 0 fully saturated rings. The molecule has 2 aromatic rings. The first-order valence-corrected chi connectivity index (χ1v) is 8.35. The van der Waals surface area contributed by atoms with E-state index < -0.39 is 5.25 Å². The van der Waals surface area contributed by atoms with Crippen molar-refractivity contribution in [2.75, 3.05) is 7.11 Å². The summed E-state index contributed by atoms with van der Waals surface area (Å²) in [5.41, 5.74) is 0.955. The molecule has 0 aliphatic rings. The highest BCUT2D eigenvalue weighted by molar-refractivity contribution is 8.00. The summed E-state index contributed by atoms with van der Waals surface area (Å²) >= 11 is 2.77. The largest absolute Gasteiger partial charge is 0.468 e. The molecule has 0 amide bonds. The number of rotatable bonds is 4. The van der Waals surface area contributed by atoms with Crippen LogP contribution in [-0.2, 0) is 16.1 Å². The normalized spacial score (nSPS) is 12.6. The number of nitrogens with zero attached hydrogens (tertiary/aromatic N) is 2. The summed E-state index contributed by atoms with van der Waals surface area (Å²) in [4.78, 5) is 30.6. The summed E-state index contributed by atoms with van der Waals surface area (Å²) in [6.07, 6.45) is 0. The molecule has 0 aliphatic carbocycles. The minimum atomic E-state index is -0.403. The van der Waals surface area contributed by atoms with Crippen molar-refractivity contribution in [3.63, 3.8) is 0 Å². The van der Waals surface area contributed by atoms with Crippen LogP contribution in [0.2, 0.25) is 0 Å². The van der Waals surface area contributed by atoms with E-state index in [-0.39, 0.29) is 11.5 Å². The Kier molecular flexibility index (Phi) is 4.73. The third-order valence-electron chi connectivity index (χ3n) is 3.39. The predicted octanol–water partition coefficient (Wildman–Crippen LogP) is 2.75. The number of ether oxygens (including phenoxy) is 1. The van der Waals surface area contributed by atoms with Crippen LogP contribution in [0.25, 0.3) is 10.2 Å². The van der Waals surface area contributed by atoms with Gasteiger partial charge in [0.05, 0.1) is 12.5 Å². The van der Waals surface area contributed by atoms with Crippen LogP contribution in [0.1, 0.15) is 24.3 Å². The Bertz CT molecular complexity index is 749. The van der Waals surface area contributed by atoms with Gasteiger partial charge in [0.1, 0.15) is 10.1 Å². The molecule has 21 heavy (non-hydrogen) atoms. The van der Waals surface area contributed by atoms with Gasteiger partial charge in [0.15, 0.2) is 5.16 Å². The Morgan fingerprint density at radius 1 is 1.48 bits per heavy atom. The van der Waals surface area contributed by atoms with Gasteiger partial charge in [0, 0.05) is 11.4 Å². The van der Waals surface area contributed by atoms with Crippen molar-refractivity contribution in [3.8, 4) is 0 Å². The van der Waals surface area contributed by atoms with Crippen molar-refractivity contribution in [3.05, 3.63) is 20.8 Å². The lowest BCUT2D eigenvalue weighted by molar-refractivity contribution is -0.139. The van der Waals surface area contributed by atoms with Crippen molar-refractivity contribution < 1.29 is 9.53 Å². The second kappa shape index (κ2) is 6.19. The number of methoxy groups -OCH3 is 1. The van der Waals surface area contributed by atoms with Crippen LogP contribution in [0.15, 0.2) is 9.95 Å². The highest BCUT2D eigenvalue weighted by Crippen LogP contribution is 2.29. The second-order valence-corrected chi connectivity index (χ2v) is 7.20. The van der Waals surface area contributed by atoms with E-state index in [0.717, 1.165) is 15.3 Å². The lowest BCUT2D eigenvalue weighted by atomic mass is 10.2. The summed E-state index contributed by atoms with van der Waals surface area (Å²) in [6, 6.07) is 0. The van der Waals surface area contributed by atoms with Gasteiger partial charge in [-0.3, -0.25) is 14.2 Å². The molecular weight excluding hydrogens is 308 g/mol. The maximum absolute atomic E-state index is 12.6. The molecule has 7 heteroatoms. The standard InChI is InChI=1S/C14H18N2O3S2/c1-6-16-12(17)10-7(2)8(3)20-11(10)15-14(16)21-9(4)13(18)19-5/h9H,6H2,1-5H3/t9-/m1/s1. The van der Waals surface area contributed by atoms with Crippen molar-refractivity contribution in [1.29, 1.82) is 0 Å². The fraction of sp³-hybridized carbons (Fsp3) is 0.500.